The number of halogens is 4. The molecule has 0 saturated heterocycles. The minimum absolute atomic E-state index is 0.172. The Morgan fingerprint density at radius 2 is 0.500 bits per heavy atom. The van der Waals surface area contributed by atoms with E-state index in [2.05, 4.69) is 236 Å². The van der Waals surface area contributed by atoms with Gasteiger partial charge in [-0.05, 0) is 195 Å². The van der Waals surface area contributed by atoms with Crippen molar-refractivity contribution in [3.8, 4) is 0 Å². The molecule has 0 aliphatic heterocycles. The van der Waals surface area contributed by atoms with E-state index in [9.17, 15) is 9.90 Å². The lowest BCUT2D eigenvalue weighted by atomic mass is 10.2. The Balaban J connectivity index is 0.0000000979. The van der Waals surface area contributed by atoms with Gasteiger partial charge in [0.15, 0.2) is 39.5 Å². The van der Waals surface area contributed by atoms with Crippen molar-refractivity contribution in [1.82, 2.24) is 102 Å². The summed E-state index contributed by atoms with van der Waals surface area (Å²) in [7, 11) is 0. The number of carboxylic acid groups (broad SMARTS) is 1. The van der Waals surface area contributed by atoms with Crippen molar-refractivity contribution < 1.29 is 9.90 Å². The second-order valence-corrected chi connectivity index (χ2v) is 39.8. The number of para-hydroxylation sites is 17. The van der Waals surface area contributed by atoms with Crippen molar-refractivity contribution in [2.24, 2.45) is 5.92 Å². The topological polar surface area (TPSA) is 252 Å². The van der Waals surface area contributed by atoms with Crippen LogP contribution in [0.1, 0.15) is 53.4 Å². The van der Waals surface area contributed by atoms with Crippen LogP contribution in [0.4, 0.5) is 0 Å². The van der Waals surface area contributed by atoms with Crippen molar-refractivity contribution in [2.45, 2.75) is 99.2 Å². The predicted octanol–water partition coefficient (Wildman–Crippen LogP) is 31.0. The van der Waals surface area contributed by atoms with E-state index in [1.54, 1.807) is 22.8 Å². The standard InChI is InChI=1S/C18H16BrN3.2C18H17N3.2C17H12BrN3.C17H13N3.C16H10ClN3O2/c1-11(2)10-22-16-8-7-12(19)9-13(16)17-18(22)21-15-6-4-3-5-14(15)20-17;2*1-2-3-12-21-16-11-7-4-8-13(16)17-18(21)20-15-10-6-5-9-14(15)19-17;2*1-2-9-21-15-8-7-11(18)10-12(15)16-17(21)20-14-6-4-3-5-13(14)19-16;1-2-11-20-15-10-6-3-7-12(15)16-17(20)19-14-9-5-4-8-13(14)18-16;17-9-5-6-13-10(7-9)15-16(20(13)8-14(21)22)19-12-4-2-1-3-11(12)18-15/h3-9,11H,10H2,1-2H3;2*4-11H,2-3,12H2,1H3;2*2-8,10H,1,9H2;2-10H,1,11H2;1-7H,8H2,(H,21,22). The van der Waals surface area contributed by atoms with Crippen LogP contribution in [0.5, 0.6) is 0 Å². The number of aromatic nitrogens is 21. The minimum Gasteiger partial charge on any atom is -0.480 e. The Bertz CT molecular complexity index is 9780. The smallest absolute Gasteiger partial charge is 0.323 e. The maximum atomic E-state index is 11.2. The molecule has 1 N–H and O–H groups in total. The van der Waals surface area contributed by atoms with Gasteiger partial charge in [0, 0.05) is 95.4 Å². The van der Waals surface area contributed by atoms with Crippen LogP contribution in [0.3, 0.4) is 0 Å². The first-order valence-electron chi connectivity index (χ1n) is 49.3. The van der Waals surface area contributed by atoms with E-state index >= 15 is 0 Å². The molecule has 0 spiro atoms. The molecule has 0 amide bonds. The number of allylic oxidation sites excluding steroid dienone is 3. The van der Waals surface area contributed by atoms with Gasteiger partial charge in [-0.2, -0.15) is 0 Å². The van der Waals surface area contributed by atoms with Crippen molar-refractivity contribution in [3.63, 3.8) is 0 Å². The van der Waals surface area contributed by atoms with Gasteiger partial charge in [-0.25, -0.2) is 69.8 Å². The number of aliphatic carboxylic acids is 1. The molecular formula is C121H97Br3ClN21O2. The summed E-state index contributed by atoms with van der Waals surface area (Å²) in [5.74, 6) is -0.376. The second-order valence-electron chi connectivity index (χ2n) is 36.6. The number of fused-ring (bicyclic) bond motifs is 28. The number of carboxylic acids is 1. The minimum atomic E-state index is -0.927. The summed E-state index contributed by atoms with van der Waals surface area (Å²) >= 11 is 16.7. The predicted molar refractivity (Wildman–Crippen MR) is 619 cm³/mol. The lowest BCUT2D eigenvalue weighted by molar-refractivity contribution is -0.137. The highest BCUT2D eigenvalue weighted by Gasteiger charge is 2.24. The lowest BCUT2D eigenvalue weighted by Crippen LogP contribution is -2.09. The maximum absolute atomic E-state index is 11.2. The first kappa shape index (κ1) is 96.3. The van der Waals surface area contributed by atoms with Gasteiger partial charge in [-0.3, -0.25) is 4.79 Å². The normalized spacial score (nSPS) is 11.6. The van der Waals surface area contributed by atoms with Crippen LogP contribution < -0.4 is 0 Å². The first-order chi connectivity index (χ1) is 72.5. The molecule has 14 heterocycles. The average molecular weight is 2150 g/mol. The summed E-state index contributed by atoms with van der Waals surface area (Å²) < 4.78 is 18.2. The Morgan fingerprint density at radius 1 is 0.284 bits per heavy atom. The molecule has 28 rings (SSSR count). The molecule has 0 fully saturated rings. The number of hydrogen-bond donors (Lipinski definition) is 1. The van der Waals surface area contributed by atoms with Crippen LogP contribution >= 0.6 is 59.4 Å². The maximum Gasteiger partial charge on any atom is 0.323 e. The SMILES string of the molecule is C=CCn1c2ccc(Br)cc2c2nc3ccccc3nc21.C=CCn1c2ccc(Br)cc2c2nc3ccccc3nc21.C=CCn1c2ccccc2c2nc3ccccc3nc21.CC(C)Cn1c2ccc(Br)cc2c2nc3ccccc3nc21.CCCCn1c2ccccc2c2nc3ccccc3nc21.CCCCn1c2ccccc2c2nc3ccccc3nc21.O=C(O)Cn1c2ccc(Cl)cc2c2nc3ccccc3nc21. The molecule has 0 unspecified atom stereocenters. The van der Waals surface area contributed by atoms with E-state index in [-0.39, 0.29) is 6.54 Å². The third-order valence-electron chi connectivity index (χ3n) is 26.3. The molecule has 14 aromatic heterocycles. The van der Waals surface area contributed by atoms with Crippen molar-refractivity contribution in [3.05, 3.63) is 372 Å². The van der Waals surface area contributed by atoms with Gasteiger partial charge in [0.25, 0.3) is 0 Å². The molecular weight excluding hydrogens is 2050 g/mol. The van der Waals surface area contributed by atoms with Crippen molar-refractivity contribution >= 4 is 297 Å². The van der Waals surface area contributed by atoms with E-state index in [4.69, 9.17) is 71.4 Å². The summed E-state index contributed by atoms with van der Waals surface area (Å²) in [5.41, 5.74) is 33.4. The van der Waals surface area contributed by atoms with Gasteiger partial charge in [0.05, 0.1) is 116 Å². The Kier molecular flexibility index (Phi) is 27.3. The monoisotopic (exact) mass is 2150 g/mol. The molecule has 726 valence electrons. The fourth-order valence-corrected chi connectivity index (χ4v) is 20.9. The van der Waals surface area contributed by atoms with Gasteiger partial charge < -0.3 is 37.1 Å². The van der Waals surface area contributed by atoms with Gasteiger partial charge in [-0.15, -0.1) is 19.7 Å². The largest absolute Gasteiger partial charge is 0.480 e. The quantitative estimate of drug-likeness (QED) is 0.0883. The highest BCUT2D eigenvalue weighted by Crippen LogP contribution is 2.39. The summed E-state index contributed by atoms with van der Waals surface area (Å²) in [4.78, 5) is 78.4. The molecule has 0 saturated carbocycles. The molecule has 23 nitrogen and oxygen atoms in total. The number of benzene rings is 14. The Morgan fingerprint density at radius 3 is 0.777 bits per heavy atom. The van der Waals surface area contributed by atoms with E-state index in [0.29, 0.717) is 35.2 Å². The van der Waals surface area contributed by atoms with Crippen LogP contribution in [-0.4, -0.2) is 113 Å². The third kappa shape index (κ3) is 18.7. The number of hydrogen-bond acceptors (Lipinski definition) is 15. The van der Waals surface area contributed by atoms with Gasteiger partial charge in [0.2, 0.25) is 0 Å². The highest BCUT2D eigenvalue weighted by atomic mass is 79.9. The average Bonchev–Trinajstić information content (AvgIpc) is 1.65. The van der Waals surface area contributed by atoms with Gasteiger partial charge >= 0.3 is 5.97 Å². The van der Waals surface area contributed by atoms with E-state index in [1.807, 2.05) is 212 Å². The van der Waals surface area contributed by atoms with Crippen molar-refractivity contribution in [2.75, 3.05) is 0 Å². The molecule has 0 radical (unpaired) electrons. The van der Waals surface area contributed by atoms with E-state index in [1.165, 1.54) is 40.2 Å². The fourth-order valence-electron chi connectivity index (χ4n) is 19.6. The summed E-state index contributed by atoms with van der Waals surface area (Å²) in [6.45, 7) is 25.4. The molecule has 0 aliphatic carbocycles. The highest BCUT2D eigenvalue weighted by molar-refractivity contribution is 9.11. The van der Waals surface area contributed by atoms with Crippen LogP contribution in [0.25, 0.3) is 232 Å². The number of unbranched alkanes of at least 4 members (excludes halogenated alkanes) is 2. The number of rotatable bonds is 16. The van der Waals surface area contributed by atoms with Crippen LogP contribution in [0, 0.1) is 5.92 Å². The van der Waals surface area contributed by atoms with E-state index < -0.39 is 5.97 Å². The second kappa shape index (κ2) is 41.9. The lowest BCUT2D eigenvalue weighted by Gasteiger charge is -2.09. The summed E-state index contributed by atoms with van der Waals surface area (Å²) in [6, 6.07) is 105. The zero-order valence-electron chi connectivity index (χ0n) is 81.5. The first-order valence-corrected chi connectivity index (χ1v) is 52.1. The van der Waals surface area contributed by atoms with Crippen LogP contribution in [0.15, 0.2) is 367 Å². The van der Waals surface area contributed by atoms with Gasteiger partial charge in [-0.1, -0.05) is 258 Å². The van der Waals surface area contributed by atoms with Crippen LogP contribution in [-0.2, 0) is 50.6 Å². The van der Waals surface area contributed by atoms with Crippen LogP contribution in [0.2, 0.25) is 5.02 Å². The van der Waals surface area contributed by atoms with E-state index in [0.717, 1.165) is 246 Å². The molecule has 27 heteroatoms. The van der Waals surface area contributed by atoms with Crippen molar-refractivity contribution in [1.29, 1.82) is 0 Å². The third-order valence-corrected chi connectivity index (χ3v) is 28.0. The number of aryl methyl sites for hydroxylation is 2. The number of nitrogens with zero attached hydrogens (tertiary/aromatic N) is 21. The summed E-state index contributed by atoms with van der Waals surface area (Å²) in [6.07, 6.45) is 10.3. The molecule has 148 heavy (non-hydrogen) atoms. The Hall–Kier alpha value is -16.5. The molecule has 0 atom stereocenters. The van der Waals surface area contributed by atoms with Gasteiger partial charge in [0.1, 0.15) is 45.2 Å². The molecule has 28 aromatic rings. The molecule has 0 bridgehead atoms. The zero-order valence-corrected chi connectivity index (χ0v) is 87.0. The fraction of sp³-hybridized carbons (Fsp3) is 0.132. The molecule has 0 aliphatic rings. The Labute approximate surface area is 878 Å². The summed E-state index contributed by atoms with van der Waals surface area (Å²) in [5, 5.41) is 17.5. The zero-order chi connectivity index (χ0) is 101. The number of carbonyl (C=O) groups is 1. The molecule has 14 aromatic carbocycles.